The number of H-pyrrole nitrogens is 1. The van der Waals surface area contributed by atoms with Gasteiger partial charge in [-0.15, -0.1) is 0 Å². The lowest BCUT2D eigenvalue weighted by molar-refractivity contribution is -0.123. The number of allylic oxidation sites excluding steroid dienone is 1. The van der Waals surface area contributed by atoms with Gasteiger partial charge in [0.25, 0.3) is 5.56 Å². The number of hydrogen-bond donors (Lipinski definition) is 3. The van der Waals surface area contributed by atoms with Crippen molar-refractivity contribution in [2.24, 2.45) is 5.92 Å². The van der Waals surface area contributed by atoms with Gasteiger partial charge in [-0.2, -0.15) is 0 Å². The Labute approximate surface area is 238 Å². The number of pyridine rings is 2. The molecular formula is C29H38FN7O4. The molecule has 0 aliphatic carbocycles. The first-order chi connectivity index (χ1) is 19.4. The Morgan fingerprint density at radius 2 is 1.90 bits per heavy atom. The van der Waals surface area contributed by atoms with Gasteiger partial charge in [-0.3, -0.25) is 19.4 Å². The van der Waals surface area contributed by atoms with Gasteiger partial charge >= 0.3 is 6.03 Å². The van der Waals surface area contributed by atoms with Crippen molar-refractivity contribution in [1.29, 1.82) is 0 Å². The fraction of sp³-hybridized carbons (Fsp3) is 0.414. The van der Waals surface area contributed by atoms with Gasteiger partial charge in [0.15, 0.2) is 5.82 Å². The molecule has 0 aliphatic rings. The summed E-state index contributed by atoms with van der Waals surface area (Å²) in [6, 6.07) is 3.33. The van der Waals surface area contributed by atoms with Crippen LogP contribution >= 0.6 is 0 Å². The number of carbonyl (C=O) groups excluding carboxylic acids is 3. The number of likely N-dealkylation sites (N-methyl/N-ethyl adjacent to an activating group) is 1. The van der Waals surface area contributed by atoms with E-state index in [-0.39, 0.29) is 24.6 Å². The van der Waals surface area contributed by atoms with Crippen molar-refractivity contribution < 1.29 is 18.8 Å². The van der Waals surface area contributed by atoms with E-state index in [0.717, 1.165) is 5.69 Å². The molecule has 0 saturated heterocycles. The number of aromatic nitrogens is 3. The van der Waals surface area contributed by atoms with Gasteiger partial charge in [-0.05, 0) is 49.5 Å². The number of hydrogen-bond acceptors (Lipinski definition) is 5. The zero-order valence-corrected chi connectivity index (χ0v) is 24.3. The Morgan fingerprint density at radius 1 is 1.17 bits per heavy atom. The molecule has 41 heavy (non-hydrogen) atoms. The van der Waals surface area contributed by atoms with E-state index in [1.165, 1.54) is 32.7 Å². The molecule has 3 heterocycles. The second-order valence-corrected chi connectivity index (χ2v) is 10.7. The molecule has 3 N–H and O–H groups in total. The monoisotopic (exact) mass is 567 g/mol. The maximum atomic E-state index is 14.5. The molecule has 220 valence electrons. The van der Waals surface area contributed by atoms with Gasteiger partial charge in [0.1, 0.15) is 11.7 Å². The molecule has 0 radical (unpaired) electrons. The minimum Gasteiger partial charge on any atom is -0.355 e. The molecule has 0 spiro atoms. The number of rotatable bonds is 11. The third-order valence-corrected chi connectivity index (χ3v) is 6.32. The molecular weight excluding hydrogens is 529 g/mol. The smallest absolute Gasteiger partial charge is 0.317 e. The first-order valence-electron chi connectivity index (χ1n) is 13.4. The highest BCUT2D eigenvalue weighted by atomic mass is 19.1. The highest BCUT2D eigenvalue weighted by Gasteiger charge is 2.22. The zero-order valence-electron chi connectivity index (χ0n) is 24.3. The van der Waals surface area contributed by atoms with Crippen LogP contribution in [0.3, 0.4) is 0 Å². The summed E-state index contributed by atoms with van der Waals surface area (Å²) in [5.41, 5.74) is 1.53. The number of carbonyl (C=O) groups is 3. The largest absolute Gasteiger partial charge is 0.355 e. The fourth-order valence-electron chi connectivity index (χ4n) is 4.12. The number of urea groups is 1. The van der Waals surface area contributed by atoms with Crippen LogP contribution in [-0.4, -0.2) is 76.4 Å². The number of nitrogens with one attached hydrogen (secondary N) is 3. The van der Waals surface area contributed by atoms with E-state index in [1.807, 2.05) is 0 Å². The number of fused-ring (bicyclic) bond motifs is 1. The summed E-state index contributed by atoms with van der Waals surface area (Å²) in [4.78, 5) is 60.7. The van der Waals surface area contributed by atoms with Crippen LogP contribution in [-0.2, 0) is 22.6 Å². The van der Waals surface area contributed by atoms with Crippen molar-refractivity contribution in [3.05, 3.63) is 70.3 Å². The van der Waals surface area contributed by atoms with E-state index in [9.17, 15) is 23.6 Å². The van der Waals surface area contributed by atoms with Gasteiger partial charge in [0.2, 0.25) is 11.8 Å². The number of nitrogens with zero attached hydrogens (tertiary/aromatic N) is 4. The lowest BCUT2D eigenvalue weighted by atomic mass is 10.1. The highest BCUT2D eigenvalue weighted by molar-refractivity contribution is 5.96. The number of aromatic amines is 1. The van der Waals surface area contributed by atoms with Gasteiger partial charge in [0, 0.05) is 45.5 Å². The number of anilines is 1. The Kier molecular flexibility index (Phi) is 10.4. The number of halogens is 1. The SMILES string of the molecule is CC(C)Cc1ncc(F)c2cc(Cn3cccc(NC(=O)[C@H](CC/C=C/C(=O)N(C)C)NC(=O)N(C)C)c3=O)[nH]c12. The summed E-state index contributed by atoms with van der Waals surface area (Å²) in [7, 11) is 6.36. The first kappa shape index (κ1) is 31.1. The van der Waals surface area contributed by atoms with Gasteiger partial charge in [-0.1, -0.05) is 19.9 Å². The van der Waals surface area contributed by atoms with Crippen molar-refractivity contribution in [3.8, 4) is 0 Å². The quantitative estimate of drug-likeness (QED) is 0.306. The molecule has 12 heteroatoms. The molecule has 11 nitrogen and oxygen atoms in total. The van der Waals surface area contributed by atoms with Crippen molar-refractivity contribution in [2.45, 2.75) is 45.7 Å². The van der Waals surface area contributed by atoms with E-state index < -0.39 is 29.4 Å². The molecule has 0 bridgehead atoms. The van der Waals surface area contributed by atoms with Gasteiger partial charge in [-0.25, -0.2) is 9.18 Å². The van der Waals surface area contributed by atoms with Crippen LogP contribution in [0.5, 0.6) is 0 Å². The topological polar surface area (TPSA) is 132 Å². The summed E-state index contributed by atoms with van der Waals surface area (Å²) in [5, 5.41) is 5.69. The van der Waals surface area contributed by atoms with Crippen molar-refractivity contribution >= 4 is 34.4 Å². The Balaban J connectivity index is 1.80. The van der Waals surface area contributed by atoms with Crippen LogP contribution in [0, 0.1) is 11.7 Å². The normalized spacial score (nSPS) is 12.1. The molecule has 4 amide bonds. The van der Waals surface area contributed by atoms with Crippen molar-refractivity contribution in [2.75, 3.05) is 33.5 Å². The standard InChI is InChI=1S/C29H38FN7O4/c1-18(2)14-24-26-20(21(30)16-31-24)15-19(32-26)17-37-13-9-11-23(28(37)40)33-27(39)22(34-29(41)36(5)6)10-7-8-12-25(38)35(3)4/h8-9,11-13,15-16,18,22,32H,7,10,14,17H2,1-6H3,(H,33,39)(H,34,41)/b12-8+/t22-/m0/s1. The molecule has 0 fully saturated rings. The molecule has 1 atom stereocenters. The Hall–Kier alpha value is -4.48. The molecule has 3 rings (SSSR count). The van der Waals surface area contributed by atoms with Crippen LogP contribution in [0.1, 0.15) is 38.1 Å². The minimum absolute atomic E-state index is 0.0318. The van der Waals surface area contributed by atoms with E-state index in [2.05, 4.69) is 34.4 Å². The van der Waals surface area contributed by atoms with Gasteiger partial charge < -0.3 is 30.0 Å². The minimum atomic E-state index is -0.958. The molecule has 0 aliphatic heterocycles. The Morgan fingerprint density at radius 3 is 2.56 bits per heavy atom. The fourth-order valence-corrected chi connectivity index (χ4v) is 4.12. The van der Waals surface area contributed by atoms with Crippen molar-refractivity contribution in [3.63, 3.8) is 0 Å². The lowest BCUT2D eigenvalue weighted by Crippen LogP contribution is -2.48. The summed E-state index contributed by atoms with van der Waals surface area (Å²) in [5.74, 6) is -0.887. The molecule has 0 saturated carbocycles. The average molecular weight is 568 g/mol. The van der Waals surface area contributed by atoms with E-state index in [1.54, 1.807) is 52.6 Å². The predicted molar refractivity (Wildman–Crippen MR) is 156 cm³/mol. The first-order valence-corrected chi connectivity index (χ1v) is 13.4. The van der Waals surface area contributed by atoms with E-state index in [4.69, 9.17) is 0 Å². The highest BCUT2D eigenvalue weighted by Crippen LogP contribution is 2.23. The third-order valence-electron chi connectivity index (χ3n) is 6.32. The van der Waals surface area contributed by atoms with Crippen LogP contribution in [0.15, 0.2) is 47.5 Å². The molecule has 3 aromatic rings. The summed E-state index contributed by atoms with van der Waals surface area (Å²) < 4.78 is 15.9. The lowest BCUT2D eigenvalue weighted by Gasteiger charge is -2.20. The predicted octanol–water partition coefficient (Wildman–Crippen LogP) is 3.11. The summed E-state index contributed by atoms with van der Waals surface area (Å²) in [6.45, 7) is 4.22. The van der Waals surface area contributed by atoms with Crippen LogP contribution in [0.4, 0.5) is 14.9 Å². The molecule has 3 aromatic heterocycles. The van der Waals surface area contributed by atoms with E-state index in [0.29, 0.717) is 35.4 Å². The second-order valence-electron chi connectivity index (χ2n) is 10.7. The summed E-state index contributed by atoms with van der Waals surface area (Å²) in [6.07, 6.45) is 7.03. The molecule has 0 unspecified atom stereocenters. The van der Waals surface area contributed by atoms with Gasteiger partial charge in [0.05, 0.1) is 24.0 Å². The zero-order chi connectivity index (χ0) is 30.3. The Bertz CT molecular complexity index is 1490. The van der Waals surface area contributed by atoms with Crippen LogP contribution < -0.4 is 16.2 Å². The second kappa shape index (κ2) is 13.7. The summed E-state index contributed by atoms with van der Waals surface area (Å²) >= 11 is 0. The maximum absolute atomic E-state index is 14.5. The average Bonchev–Trinajstić information content (AvgIpc) is 3.34. The van der Waals surface area contributed by atoms with Crippen molar-refractivity contribution in [1.82, 2.24) is 29.7 Å². The third kappa shape index (κ3) is 8.26. The molecule has 0 aromatic carbocycles. The van der Waals surface area contributed by atoms with Crippen LogP contribution in [0.25, 0.3) is 10.9 Å². The number of amides is 4. The maximum Gasteiger partial charge on any atom is 0.317 e. The van der Waals surface area contributed by atoms with Crippen LogP contribution in [0.2, 0.25) is 0 Å². The van der Waals surface area contributed by atoms with E-state index >= 15 is 0 Å².